The highest BCUT2D eigenvalue weighted by atomic mass is 32.2. The topological polar surface area (TPSA) is 38.3 Å². The lowest BCUT2D eigenvalue weighted by Gasteiger charge is -2.37. The molecule has 0 aliphatic heterocycles. The monoisotopic (exact) mass is 321 g/mol. The summed E-state index contributed by atoms with van der Waals surface area (Å²) in [4.78, 5) is 11.7. The third kappa shape index (κ3) is 5.03. The summed E-state index contributed by atoms with van der Waals surface area (Å²) < 4.78 is 5.97. The van der Waals surface area contributed by atoms with E-state index in [0.29, 0.717) is 23.9 Å². The van der Waals surface area contributed by atoms with Gasteiger partial charge in [0.05, 0.1) is 5.37 Å². The highest BCUT2D eigenvalue weighted by Crippen LogP contribution is 2.27. The highest BCUT2D eigenvalue weighted by molar-refractivity contribution is 7.99. The summed E-state index contributed by atoms with van der Waals surface area (Å²) in [7, 11) is 0. The second-order valence-electron chi connectivity index (χ2n) is 6.39. The number of carbonyl (C=O) groups is 1. The lowest BCUT2D eigenvalue weighted by Crippen LogP contribution is -2.48. The summed E-state index contributed by atoms with van der Waals surface area (Å²) in [5.41, 5.74) is 1.06. The smallest absolute Gasteiger partial charge is 0.139 e. The molecule has 0 heterocycles. The van der Waals surface area contributed by atoms with Crippen molar-refractivity contribution < 1.29 is 9.53 Å². The summed E-state index contributed by atoms with van der Waals surface area (Å²) >= 11 is 1.84. The number of hydrogen-bond acceptors (Lipinski definition) is 4. The van der Waals surface area contributed by atoms with E-state index in [1.165, 1.54) is 0 Å². The first kappa shape index (κ1) is 17.4. The van der Waals surface area contributed by atoms with Crippen LogP contribution in [0.15, 0.2) is 24.3 Å². The number of Topliss-reactive ketones (excluding diaryl/α,β-unsaturated/α-hetero) is 1. The first-order chi connectivity index (χ1) is 10.5. The Morgan fingerprint density at radius 3 is 2.45 bits per heavy atom. The predicted octanol–water partition coefficient (Wildman–Crippen LogP) is 3.66. The van der Waals surface area contributed by atoms with Crippen LogP contribution in [0.25, 0.3) is 0 Å². The summed E-state index contributed by atoms with van der Waals surface area (Å²) in [6, 6.07) is 8.54. The molecular formula is C18H27NO2S. The Morgan fingerprint density at radius 2 is 1.91 bits per heavy atom. The van der Waals surface area contributed by atoms with Crippen molar-refractivity contribution >= 4 is 17.5 Å². The van der Waals surface area contributed by atoms with Gasteiger partial charge in [0, 0.05) is 18.4 Å². The van der Waals surface area contributed by atoms with Crippen molar-refractivity contribution in [2.24, 2.45) is 5.92 Å². The second kappa shape index (κ2) is 8.02. The van der Waals surface area contributed by atoms with E-state index < -0.39 is 0 Å². The van der Waals surface area contributed by atoms with Crippen LogP contribution in [0.1, 0.15) is 39.2 Å². The molecule has 1 aliphatic rings. The van der Waals surface area contributed by atoms with Crippen molar-refractivity contribution in [1.82, 2.24) is 5.32 Å². The van der Waals surface area contributed by atoms with E-state index in [1.54, 1.807) is 0 Å². The largest absolute Gasteiger partial charge is 0.490 e. The zero-order valence-electron chi connectivity index (χ0n) is 14.0. The molecule has 0 spiro atoms. The molecule has 3 nitrogen and oxygen atoms in total. The van der Waals surface area contributed by atoms with Crippen molar-refractivity contribution in [3.63, 3.8) is 0 Å². The lowest BCUT2D eigenvalue weighted by molar-refractivity contribution is -0.121. The molecule has 4 heteroatoms. The van der Waals surface area contributed by atoms with Crippen LogP contribution in [0, 0.1) is 5.92 Å². The third-order valence-corrected chi connectivity index (χ3v) is 5.01. The molecule has 0 radical (unpaired) electrons. The quantitative estimate of drug-likeness (QED) is 0.742. The number of rotatable bonds is 8. The van der Waals surface area contributed by atoms with Crippen molar-refractivity contribution in [2.75, 3.05) is 6.26 Å². The van der Waals surface area contributed by atoms with E-state index in [2.05, 4.69) is 18.5 Å². The number of ether oxygens (including phenoxy) is 1. The summed E-state index contributed by atoms with van der Waals surface area (Å²) in [6.07, 6.45) is 5.09. The van der Waals surface area contributed by atoms with Crippen molar-refractivity contribution in [2.45, 2.75) is 57.6 Å². The molecule has 1 atom stereocenters. The number of hydrogen-bond donors (Lipinski definition) is 1. The van der Waals surface area contributed by atoms with Gasteiger partial charge >= 0.3 is 0 Å². The molecule has 0 saturated heterocycles. The molecular weight excluding hydrogens is 294 g/mol. The van der Waals surface area contributed by atoms with Crippen LogP contribution in [0.5, 0.6) is 5.75 Å². The van der Waals surface area contributed by atoms with E-state index in [0.717, 1.165) is 24.2 Å². The van der Waals surface area contributed by atoms with E-state index >= 15 is 0 Å². The molecule has 0 amide bonds. The van der Waals surface area contributed by atoms with Crippen LogP contribution in [0.4, 0.5) is 0 Å². The SMILES string of the molecule is CSC(C)N[C@H]1C[C@H](Oc2ccc(CC(=O)C(C)C)cc2)C1. The maximum absolute atomic E-state index is 11.7. The van der Waals surface area contributed by atoms with Crippen LogP contribution >= 0.6 is 11.8 Å². The molecule has 1 fully saturated rings. The normalized spacial score (nSPS) is 22.2. The zero-order chi connectivity index (χ0) is 16.1. The van der Waals surface area contributed by atoms with Crippen LogP contribution < -0.4 is 10.1 Å². The molecule has 1 unspecified atom stereocenters. The maximum Gasteiger partial charge on any atom is 0.139 e. The Hall–Kier alpha value is -1.00. The number of thioether (sulfide) groups is 1. The molecule has 1 N–H and O–H groups in total. The van der Waals surface area contributed by atoms with E-state index in [4.69, 9.17) is 4.74 Å². The van der Waals surface area contributed by atoms with E-state index in [-0.39, 0.29) is 11.7 Å². The van der Waals surface area contributed by atoms with Crippen molar-refractivity contribution in [3.05, 3.63) is 29.8 Å². The maximum atomic E-state index is 11.7. The molecule has 1 aromatic carbocycles. The Labute approximate surface area is 138 Å². The van der Waals surface area contributed by atoms with Gasteiger partial charge in [0.15, 0.2) is 0 Å². The second-order valence-corrected chi connectivity index (χ2v) is 7.57. The van der Waals surface area contributed by atoms with Crippen LogP contribution in [0.2, 0.25) is 0 Å². The van der Waals surface area contributed by atoms with Crippen LogP contribution in [-0.4, -0.2) is 29.6 Å². The fourth-order valence-electron chi connectivity index (χ4n) is 2.48. The minimum absolute atomic E-state index is 0.0963. The molecule has 122 valence electrons. The van der Waals surface area contributed by atoms with Crippen LogP contribution in [-0.2, 0) is 11.2 Å². The van der Waals surface area contributed by atoms with Gasteiger partial charge in [0.2, 0.25) is 0 Å². The minimum Gasteiger partial charge on any atom is -0.490 e. The lowest BCUT2D eigenvalue weighted by atomic mass is 9.89. The highest BCUT2D eigenvalue weighted by Gasteiger charge is 2.31. The number of nitrogens with one attached hydrogen (secondary N) is 1. The Morgan fingerprint density at radius 1 is 1.27 bits per heavy atom. The van der Waals surface area contributed by atoms with Gasteiger partial charge in [0.1, 0.15) is 17.6 Å². The molecule has 0 bridgehead atoms. The first-order valence-electron chi connectivity index (χ1n) is 8.05. The van der Waals surface area contributed by atoms with Gasteiger partial charge in [-0.2, -0.15) is 0 Å². The average molecular weight is 321 g/mol. The van der Waals surface area contributed by atoms with E-state index in [9.17, 15) is 4.79 Å². The first-order valence-corrected chi connectivity index (χ1v) is 9.34. The van der Waals surface area contributed by atoms with Gasteiger partial charge in [-0.05, 0) is 43.7 Å². The standard InChI is InChI=1S/C18H27NO2S/c1-12(2)18(20)9-14-5-7-16(8-6-14)21-17-10-15(11-17)19-13(3)22-4/h5-8,12-13,15,17,19H,9-11H2,1-4H3/t13?,15-,17-. The Balaban J connectivity index is 1.75. The molecule has 1 aromatic rings. The van der Waals surface area contributed by atoms with Gasteiger partial charge in [0.25, 0.3) is 0 Å². The van der Waals surface area contributed by atoms with Crippen molar-refractivity contribution in [3.8, 4) is 5.75 Å². The number of ketones is 1. The third-order valence-electron chi connectivity index (χ3n) is 4.17. The summed E-state index contributed by atoms with van der Waals surface area (Å²) in [6.45, 7) is 6.08. The molecule has 0 aromatic heterocycles. The number of carbonyl (C=O) groups excluding carboxylic acids is 1. The zero-order valence-corrected chi connectivity index (χ0v) is 14.8. The summed E-state index contributed by atoms with van der Waals surface area (Å²) in [5.74, 6) is 1.28. The van der Waals surface area contributed by atoms with Gasteiger partial charge in [-0.25, -0.2) is 0 Å². The molecule has 22 heavy (non-hydrogen) atoms. The fraction of sp³-hybridized carbons (Fsp3) is 0.611. The van der Waals surface area contributed by atoms with Crippen molar-refractivity contribution in [1.29, 1.82) is 0 Å². The predicted molar refractivity (Wildman–Crippen MR) is 93.5 cm³/mol. The number of benzene rings is 1. The van der Waals surface area contributed by atoms with Gasteiger partial charge < -0.3 is 10.1 Å². The molecule has 2 rings (SSSR count). The average Bonchev–Trinajstić information content (AvgIpc) is 2.46. The van der Waals surface area contributed by atoms with E-state index in [1.807, 2.05) is 49.9 Å². The Bertz CT molecular complexity index is 480. The van der Waals surface area contributed by atoms with Gasteiger partial charge in [-0.15, -0.1) is 11.8 Å². The van der Waals surface area contributed by atoms with Crippen LogP contribution in [0.3, 0.4) is 0 Å². The Kier molecular flexibility index (Phi) is 6.33. The minimum atomic E-state index is 0.0963. The molecule has 1 aliphatic carbocycles. The molecule has 1 saturated carbocycles. The fourth-order valence-corrected chi connectivity index (χ4v) is 2.81. The van der Waals surface area contributed by atoms with Gasteiger partial charge in [-0.3, -0.25) is 4.79 Å². The summed E-state index contributed by atoms with van der Waals surface area (Å²) in [5, 5.41) is 4.07. The van der Waals surface area contributed by atoms with Gasteiger partial charge in [-0.1, -0.05) is 26.0 Å².